The number of hydrogen-bond acceptors (Lipinski definition) is 3. The van der Waals surface area contributed by atoms with E-state index in [2.05, 4.69) is 16.0 Å². The minimum absolute atomic E-state index is 0.0403. The van der Waals surface area contributed by atoms with Gasteiger partial charge in [0.15, 0.2) is 0 Å². The first-order valence-corrected chi connectivity index (χ1v) is 10.5. The summed E-state index contributed by atoms with van der Waals surface area (Å²) in [5, 5.41) is 9.29. The van der Waals surface area contributed by atoms with Crippen molar-refractivity contribution in [1.82, 2.24) is 16.0 Å². The molecular weight excluding hydrogens is 426 g/mol. The zero-order valence-electron chi connectivity index (χ0n) is 17.5. The molecule has 172 valence electrons. The minimum atomic E-state index is -4.57. The molecular formula is C23H25F4N3O2. The summed E-state index contributed by atoms with van der Waals surface area (Å²) in [6.07, 6.45) is -4.72. The van der Waals surface area contributed by atoms with Crippen molar-refractivity contribution >= 4 is 6.03 Å². The lowest BCUT2D eigenvalue weighted by molar-refractivity contribution is -0.137. The largest absolute Gasteiger partial charge is 0.416 e. The van der Waals surface area contributed by atoms with Crippen molar-refractivity contribution < 1.29 is 27.1 Å². The molecule has 0 aliphatic carbocycles. The molecule has 2 aromatic rings. The number of carbonyl (C=O) groups is 1. The van der Waals surface area contributed by atoms with Crippen LogP contribution in [0, 0.1) is 0 Å². The number of urea groups is 1. The van der Waals surface area contributed by atoms with Crippen LogP contribution in [-0.2, 0) is 23.1 Å². The fraction of sp³-hybridized carbons (Fsp3) is 0.435. The Morgan fingerprint density at radius 3 is 2.53 bits per heavy atom. The van der Waals surface area contributed by atoms with Gasteiger partial charge in [0.1, 0.15) is 6.67 Å². The predicted molar refractivity (Wildman–Crippen MR) is 111 cm³/mol. The number of piperidine rings is 1. The first-order chi connectivity index (χ1) is 15.2. The number of benzene rings is 2. The summed E-state index contributed by atoms with van der Waals surface area (Å²) in [6.45, 7) is 1.35. The molecule has 2 unspecified atom stereocenters. The van der Waals surface area contributed by atoms with E-state index in [4.69, 9.17) is 4.74 Å². The highest BCUT2D eigenvalue weighted by Gasteiger charge is 2.46. The van der Waals surface area contributed by atoms with E-state index in [1.54, 1.807) is 6.92 Å². The second-order valence-corrected chi connectivity index (χ2v) is 8.41. The maximum atomic E-state index is 13.2. The molecule has 9 heteroatoms. The van der Waals surface area contributed by atoms with Gasteiger partial charge >= 0.3 is 12.2 Å². The second-order valence-electron chi connectivity index (χ2n) is 8.41. The number of alkyl halides is 4. The van der Waals surface area contributed by atoms with E-state index in [9.17, 15) is 22.4 Å². The van der Waals surface area contributed by atoms with Crippen molar-refractivity contribution in [2.24, 2.45) is 0 Å². The molecule has 4 atom stereocenters. The van der Waals surface area contributed by atoms with Gasteiger partial charge in [-0.25, -0.2) is 9.18 Å². The summed E-state index contributed by atoms with van der Waals surface area (Å²) in [6, 6.07) is 12.5. The van der Waals surface area contributed by atoms with Gasteiger partial charge in [0.05, 0.1) is 35.9 Å². The molecule has 0 saturated carbocycles. The number of ether oxygens (including phenoxy) is 1. The van der Waals surface area contributed by atoms with Crippen molar-refractivity contribution in [3.05, 3.63) is 70.8 Å². The highest BCUT2D eigenvalue weighted by atomic mass is 19.4. The topological polar surface area (TPSA) is 62.4 Å². The van der Waals surface area contributed by atoms with Gasteiger partial charge in [0.25, 0.3) is 0 Å². The summed E-state index contributed by atoms with van der Waals surface area (Å²) in [5.41, 5.74) is -0.350. The molecule has 0 aromatic heterocycles. The summed E-state index contributed by atoms with van der Waals surface area (Å²) in [5.74, 6) is 0. The Kier molecular flexibility index (Phi) is 6.13. The molecule has 0 spiro atoms. The molecule has 2 amide bonds. The number of nitrogens with one attached hydrogen (secondary N) is 3. The SMILES string of the molecule is C[C@@H](OC[C@@]1(c2ccccc2)CC2NC(=O)NC2CN1)c1cc(CF)cc(C(F)(F)F)c1. The van der Waals surface area contributed by atoms with Gasteiger partial charge in [0.2, 0.25) is 0 Å². The molecule has 2 heterocycles. The highest BCUT2D eigenvalue weighted by molar-refractivity contribution is 5.77. The van der Waals surface area contributed by atoms with Gasteiger partial charge in [-0.05, 0) is 42.2 Å². The molecule has 0 bridgehead atoms. The van der Waals surface area contributed by atoms with Crippen LogP contribution in [0.1, 0.15) is 41.7 Å². The second kappa shape index (κ2) is 8.71. The number of hydrogen-bond donors (Lipinski definition) is 3. The average Bonchev–Trinajstić information content (AvgIpc) is 3.16. The standard InChI is InChI=1S/C23H25F4N3O2/c1-14(16-7-15(11-24)8-18(9-16)23(25,26)27)32-13-22(17-5-3-2-4-6-17)10-19-20(12-28-22)30-21(31)29-19/h2-9,14,19-20,28H,10-13H2,1H3,(H2,29,30,31)/t14-,19?,20?,22-/m1/s1. The normalized spacial score (nSPS) is 26.2. The Morgan fingerprint density at radius 2 is 1.84 bits per heavy atom. The van der Waals surface area contributed by atoms with Gasteiger partial charge in [-0.1, -0.05) is 36.4 Å². The molecule has 3 N–H and O–H groups in total. The van der Waals surface area contributed by atoms with E-state index >= 15 is 0 Å². The molecule has 2 saturated heterocycles. The molecule has 2 aromatic carbocycles. The van der Waals surface area contributed by atoms with Crippen LogP contribution >= 0.6 is 0 Å². The van der Waals surface area contributed by atoms with Crippen LogP contribution < -0.4 is 16.0 Å². The van der Waals surface area contributed by atoms with Crippen molar-refractivity contribution in [2.75, 3.05) is 13.2 Å². The summed E-state index contributed by atoms with van der Waals surface area (Å²) in [7, 11) is 0. The predicted octanol–water partition coefficient (Wildman–Crippen LogP) is 4.19. The van der Waals surface area contributed by atoms with Crippen molar-refractivity contribution in [1.29, 1.82) is 0 Å². The fourth-order valence-electron chi connectivity index (χ4n) is 4.45. The Hall–Kier alpha value is -2.65. The Labute approximate surface area is 183 Å². The van der Waals surface area contributed by atoms with Crippen molar-refractivity contribution in [3.8, 4) is 0 Å². The van der Waals surface area contributed by atoms with Crippen LogP contribution in [0.5, 0.6) is 0 Å². The van der Waals surface area contributed by atoms with Gasteiger partial charge in [-0.15, -0.1) is 0 Å². The number of rotatable bonds is 6. The van der Waals surface area contributed by atoms with E-state index in [0.717, 1.165) is 17.7 Å². The zero-order chi connectivity index (χ0) is 22.9. The minimum Gasteiger partial charge on any atom is -0.372 e. The third kappa shape index (κ3) is 4.59. The monoisotopic (exact) mass is 451 g/mol. The van der Waals surface area contributed by atoms with Crippen LogP contribution in [0.15, 0.2) is 48.5 Å². The molecule has 32 heavy (non-hydrogen) atoms. The average molecular weight is 451 g/mol. The van der Waals surface area contributed by atoms with Crippen LogP contribution in [0.4, 0.5) is 22.4 Å². The number of carbonyl (C=O) groups excluding carboxylic acids is 1. The van der Waals surface area contributed by atoms with E-state index in [1.807, 2.05) is 30.3 Å². The Bertz CT molecular complexity index is 969. The zero-order valence-corrected chi connectivity index (χ0v) is 17.5. The van der Waals surface area contributed by atoms with Crippen molar-refractivity contribution in [2.45, 2.75) is 49.9 Å². The van der Waals surface area contributed by atoms with Gasteiger partial charge in [-0.2, -0.15) is 13.2 Å². The molecule has 2 aliphatic rings. The van der Waals surface area contributed by atoms with Gasteiger partial charge in [-0.3, -0.25) is 0 Å². The molecule has 2 fully saturated rings. The summed E-state index contributed by atoms with van der Waals surface area (Å²) in [4.78, 5) is 11.8. The van der Waals surface area contributed by atoms with Gasteiger partial charge < -0.3 is 20.7 Å². The lowest BCUT2D eigenvalue weighted by atomic mass is 9.79. The van der Waals surface area contributed by atoms with Crippen LogP contribution in [0.3, 0.4) is 0 Å². The third-order valence-electron chi connectivity index (χ3n) is 6.22. The van der Waals surface area contributed by atoms with Crippen LogP contribution in [-0.4, -0.2) is 31.3 Å². The Morgan fingerprint density at radius 1 is 1.12 bits per heavy atom. The smallest absolute Gasteiger partial charge is 0.372 e. The highest BCUT2D eigenvalue weighted by Crippen LogP contribution is 2.36. The first kappa shape index (κ1) is 22.5. The van der Waals surface area contributed by atoms with E-state index in [1.165, 1.54) is 6.07 Å². The number of halogens is 4. The van der Waals surface area contributed by atoms with E-state index in [-0.39, 0.29) is 35.8 Å². The fourth-order valence-corrected chi connectivity index (χ4v) is 4.45. The Balaban J connectivity index is 1.57. The van der Waals surface area contributed by atoms with Crippen molar-refractivity contribution in [3.63, 3.8) is 0 Å². The summed E-state index contributed by atoms with van der Waals surface area (Å²) >= 11 is 0. The van der Waals surface area contributed by atoms with E-state index < -0.39 is 30.1 Å². The van der Waals surface area contributed by atoms with Crippen LogP contribution in [0.25, 0.3) is 0 Å². The maximum Gasteiger partial charge on any atom is 0.416 e. The molecule has 0 radical (unpaired) electrons. The molecule has 5 nitrogen and oxygen atoms in total. The number of amides is 2. The summed E-state index contributed by atoms with van der Waals surface area (Å²) < 4.78 is 59.0. The first-order valence-electron chi connectivity index (χ1n) is 10.5. The number of fused-ring (bicyclic) bond motifs is 1. The van der Waals surface area contributed by atoms with Crippen LogP contribution in [0.2, 0.25) is 0 Å². The quantitative estimate of drug-likeness (QED) is 0.578. The molecule has 2 aliphatic heterocycles. The van der Waals surface area contributed by atoms with Gasteiger partial charge in [0, 0.05) is 6.54 Å². The third-order valence-corrected chi connectivity index (χ3v) is 6.22. The lowest BCUT2D eigenvalue weighted by Crippen LogP contribution is -2.60. The van der Waals surface area contributed by atoms with E-state index in [0.29, 0.717) is 13.0 Å². The lowest BCUT2D eigenvalue weighted by Gasteiger charge is -2.43. The molecule has 4 rings (SSSR count). The maximum absolute atomic E-state index is 13.2.